The highest BCUT2D eigenvalue weighted by Gasteiger charge is 2.25. The van der Waals surface area contributed by atoms with Crippen molar-refractivity contribution >= 4 is 21.4 Å². The van der Waals surface area contributed by atoms with Crippen molar-refractivity contribution in [2.24, 2.45) is 5.14 Å². The Kier molecular flexibility index (Phi) is 7.29. The van der Waals surface area contributed by atoms with Gasteiger partial charge in [0.1, 0.15) is 5.69 Å². The van der Waals surface area contributed by atoms with E-state index >= 15 is 0 Å². The topological polar surface area (TPSA) is 137 Å². The number of nitro benzene ring substituents is 1. The van der Waals surface area contributed by atoms with Crippen LogP contribution in [-0.2, 0) is 19.5 Å². The van der Waals surface area contributed by atoms with Crippen molar-refractivity contribution in [1.82, 2.24) is 4.90 Å². The highest BCUT2D eigenvalue weighted by molar-refractivity contribution is 7.89. The number of nitrogens with two attached hydrogens (primary N) is 1. The van der Waals surface area contributed by atoms with Gasteiger partial charge in [-0.2, -0.15) is 0 Å². The van der Waals surface area contributed by atoms with Gasteiger partial charge >= 0.3 is 0 Å². The lowest BCUT2D eigenvalue weighted by Gasteiger charge is -2.17. The molecule has 2 rings (SSSR count). The van der Waals surface area contributed by atoms with E-state index in [0.29, 0.717) is 19.8 Å². The Morgan fingerprint density at radius 2 is 2.15 bits per heavy atom. The molecule has 11 heteroatoms. The molecule has 1 heterocycles. The highest BCUT2D eigenvalue weighted by Crippen LogP contribution is 2.29. The lowest BCUT2D eigenvalue weighted by Crippen LogP contribution is -2.29. The molecule has 1 saturated heterocycles. The second-order valence-corrected chi connectivity index (χ2v) is 7.58. The number of methoxy groups -OCH3 is 1. The van der Waals surface area contributed by atoms with Gasteiger partial charge < -0.3 is 14.8 Å². The number of anilines is 1. The minimum absolute atomic E-state index is 0.0352. The van der Waals surface area contributed by atoms with E-state index in [1.165, 1.54) is 12.1 Å². The smallest absolute Gasteiger partial charge is 0.293 e. The number of hydrogen-bond donors (Lipinski definition) is 2. The Hall–Kier alpha value is -1.79. The van der Waals surface area contributed by atoms with E-state index in [0.717, 1.165) is 32.1 Å². The summed E-state index contributed by atoms with van der Waals surface area (Å²) in [6.45, 7) is 4.06. The Morgan fingerprint density at radius 3 is 2.81 bits per heavy atom. The molecule has 1 aliphatic rings. The van der Waals surface area contributed by atoms with Crippen LogP contribution >= 0.6 is 0 Å². The molecule has 1 fully saturated rings. The molecule has 1 aliphatic heterocycles. The molecule has 1 aromatic rings. The van der Waals surface area contributed by atoms with Crippen LogP contribution in [-0.4, -0.2) is 70.8 Å². The van der Waals surface area contributed by atoms with Crippen molar-refractivity contribution in [3.63, 3.8) is 0 Å². The molecule has 1 unspecified atom stereocenters. The molecule has 0 aromatic heterocycles. The zero-order valence-electron chi connectivity index (χ0n) is 14.6. The SMILES string of the molecule is COCCOCCN1CCC(Nc2ccc(S(N)(=O)=O)cc2[N+](=O)[O-])C1. The maximum Gasteiger partial charge on any atom is 0.293 e. The fraction of sp³-hybridized carbons (Fsp3) is 0.600. The quantitative estimate of drug-likeness (QED) is 0.334. The Morgan fingerprint density at radius 1 is 1.38 bits per heavy atom. The highest BCUT2D eigenvalue weighted by atomic mass is 32.2. The van der Waals surface area contributed by atoms with Gasteiger partial charge in [-0.1, -0.05) is 0 Å². The Balaban J connectivity index is 1.93. The van der Waals surface area contributed by atoms with Crippen LogP contribution in [0.15, 0.2) is 23.1 Å². The Labute approximate surface area is 152 Å². The average molecular weight is 388 g/mol. The van der Waals surface area contributed by atoms with E-state index in [9.17, 15) is 18.5 Å². The molecule has 26 heavy (non-hydrogen) atoms. The van der Waals surface area contributed by atoms with Crippen LogP contribution in [0.25, 0.3) is 0 Å². The third kappa shape index (κ3) is 5.88. The predicted octanol–water partition coefficient (Wildman–Crippen LogP) is 0.391. The van der Waals surface area contributed by atoms with Crippen LogP contribution in [0.4, 0.5) is 11.4 Å². The monoisotopic (exact) mass is 388 g/mol. The molecule has 0 radical (unpaired) electrons. The average Bonchev–Trinajstić information content (AvgIpc) is 3.01. The van der Waals surface area contributed by atoms with Gasteiger partial charge in [0.2, 0.25) is 10.0 Å². The number of primary sulfonamides is 1. The van der Waals surface area contributed by atoms with Crippen molar-refractivity contribution < 1.29 is 22.8 Å². The molecule has 0 bridgehead atoms. The summed E-state index contributed by atoms with van der Waals surface area (Å²) in [4.78, 5) is 12.6. The summed E-state index contributed by atoms with van der Waals surface area (Å²) in [5.41, 5.74) is -0.0246. The van der Waals surface area contributed by atoms with Crippen LogP contribution in [0.5, 0.6) is 0 Å². The molecule has 0 aliphatic carbocycles. The van der Waals surface area contributed by atoms with Gasteiger partial charge in [-0.25, -0.2) is 13.6 Å². The summed E-state index contributed by atoms with van der Waals surface area (Å²) >= 11 is 0. The molecule has 1 atom stereocenters. The zero-order valence-corrected chi connectivity index (χ0v) is 15.4. The second kappa shape index (κ2) is 9.24. The third-order valence-corrected chi connectivity index (χ3v) is 5.02. The van der Waals surface area contributed by atoms with Gasteiger partial charge in [0.05, 0.1) is 29.6 Å². The van der Waals surface area contributed by atoms with Gasteiger partial charge in [0.25, 0.3) is 5.69 Å². The van der Waals surface area contributed by atoms with Crippen LogP contribution in [0.2, 0.25) is 0 Å². The van der Waals surface area contributed by atoms with E-state index in [4.69, 9.17) is 14.6 Å². The number of nitro groups is 1. The van der Waals surface area contributed by atoms with Gasteiger partial charge in [-0.05, 0) is 18.6 Å². The normalized spacial score (nSPS) is 18.2. The number of hydrogen-bond acceptors (Lipinski definition) is 8. The van der Waals surface area contributed by atoms with E-state index in [1.54, 1.807) is 7.11 Å². The van der Waals surface area contributed by atoms with Crippen LogP contribution < -0.4 is 10.5 Å². The predicted molar refractivity (Wildman–Crippen MR) is 95.6 cm³/mol. The Bertz CT molecular complexity index is 727. The molecule has 0 spiro atoms. The lowest BCUT2D eigenvalue weighted by molar-refractivity contribution is -0.384. The minimum atomic E-state index is -3.99. The first-order valence-electron chi connectivity index (χ1n) is 8.18. The van der Waals surface area contributed by atoms with Crippen LogP contribution in [0.3, 0.4) is 0 Å². The van der Waals surface area contributed by atoms with Crippen LogP contribution in [0, 0.1) is 10.1 Å². The molecular formula is C15H24N4O6S. The summed E-state index contributed by atoms with van der Waals surface area (Å²) in [6.07, 6.45) is 0.826. The lowest BCUT2D eigenvalue weighted by atomic mass is 10.2. The first-order chi connectivity index (χ1) is 12.3. The maximum atomic E-state index is 11.4. The molecule has 3 N–H and O–H groups in total. The first-order valence-corrected chi connectivity index (χ1v) is 9.72. The summed E-state index contributed by atoms with van der Waals surface area (Å²) in [6, 6.07) is 3.66. The van der Waals surface area contributed by atoms with E-state index in [1.807, 2.05) is 0 Å². The molecule has 1 aromatic carbocycles. The molecule has 10 nitrogen and oxygen atoms in total. The summed E-state index contributed by atoms with van der Waals surface area (Å²) in [7, 11) is -2.37. The van der Waals surface area contributed by atoms with Crippen molar-refractivity contribution in [3.05, 3.63) is 28.3 Å². The molecular weight excluding hydrogens is 364 g/mol. The second-order valence-electron chi connectivity index (χ2n) is 6.02. The number of nitrogens with one attached hydrogen (secondary N) is 1. The summed E-state index contributed by atoms with van der Waals surface area (Å²) in [5, 5.41) is 19.4. The van der Waals surface area contributed by atoms with Crippen molar-refractivity contribution in [3.8, 4) is 0 Å². The van der Waals surface area contributed by atoms with Gasteiger partial charge in [0, 0.05) is 38.9 Å². The van der Waals surface area contributed by atoms with Crippen molar-refractivity contribution in [1.29, 1.82) is 0 Å². The standard InChI is InChI=1S/C15H24N4O6S/c1-24-8-9-25-7-6-18-5-4-12(11-18)17-14-3-2-13(26(16,22)23)10-15(14)19(20)21/h2-3,10,12,17H,4-9,11H2,1H3,(H2,16,22,23). The summed E-state index contributed by atoms with van der Waals surface area (Å²) in [5.74, 6) is 0. The molecule has 0 saturated carbocycles. The maximum absolute atomic E-state index is 11.4. The van der Waals surface area contributed by atoms with Gasteiger partial charge in [-0.15, -0.1) is 0 Å². The van der Waals surface area contributed by atoms with Crippen LogP contribution in [0.1, 0.15) is 6.42 Å². The largest absolute Gasteiger partial charge is 0.382 e. The number of benzene rings is 1. The van der Waals surface area contributed by atoms with Gasteiger partial charge in [0.15, 0.2) is 0 Å². The summed E-state index contributed by atoms with van der Waals surface area (Å²) < 4.78 is 33.1. The fourth-order valence-corrected chi connectivity index (χ4v) is 3.31. The number of sulfonamides is 1. The number of likely N-dealkylation sites (tertiary alicyclic amines) is 1. The first kappa shape index (κ1) is 20.5. The van der Waals surface area contributed by atoms with E-state index in [-0.39, 0.29) is 22.3 Å². The fourth-order valence-electron chi connectivity index (χ4n) is 2.77. The number of ether oxygens (including phenoxy) is 2. The minimum Gasteiger partial charge on any atom is -0.382 e. The van der Waals surface area contributed by atoms with Crippen molar-refractivity contribution in [2.75, 3.05) is 51.9 Å². The molecule has 0 amide bonds. The van der Waals surface area contributed by atoms with E-state index < -0.39 is 14.9 Å². The van der Waals surface area contributed by atoms with Crippen molar-refractivity contribution in [2.45, 2.75) is 17.4 Å². The third-order valence-electron chi connectivity index (χ3n) is 4.11. The van der Waals surface area contributed by atoms with Gasteiger partial charge in [-0.3, -0.25) is 15.0 Å². The molecule has 146 valence electrons. The zero-order chi connectivity index (χ0) is 19.2. The number of rotatable bonds is 10. The van der Waals surface area contributed by atoms with E-state index in [2.05, 4.69) is 10.2 Å². The number of nitrogens with zero attached hydrogens (tertiary/aromatic N) is 2.